The lowest BCUT2D eigenvalue weighted by Crippen LogP contribution is -2.47. The predicted octanol–water partition coefficient (Wildman–Crippen LogP) is 3.84. The van der Waals surface area contributed by atoms with Crippen molar-refractivity contribution in [2.75, 3.05) is 11.9 Å². The fraction of sp³-hybridized carbons (Fsp3) is 0.481. The average Bonchev–Trinajstić information content (AvgIpc) is 3.48. The highest BCUT2D eigenvalue weighted by atomic mass is 32.2. The van der Waals surface area contributed by atoms with Gasteiger partial charge in [-0.1, -0.05) is 20.8 Å². The first kappa shape index (κ1) is 26.9. The SMILES string of the molecule is CC(C)(C)C1C(C(=O)O)CCN1S(=O)(=O)c1ccc(Nc2nn(C(CC#N)C3CC3)c3cc[nH]c(=O)c23)cc1. The van der Waals surface area contributed by atoms with E-state index in [4.69, 9.17) is 0 Å². The Morgan fingerprint density at radius 2 is 1.92 bits per heavy atom. The van der Waals surface area contributed by atoms with Gasteiger partial charge in [0.25, 0.3) is 5.56 Å². The van der Waals surface area contributed by atoms with Crippen LogP contribution in [0.15, 0.2) is 46.2 Å². The van der Waals surface area contributed by atoms with Gasteiger partial charge in [-0.3, -0.25) is 14.3 Å². The van der Waals surface area contributed by atoms with Crippen molar-refractivity contribution >= 4 is 38.4 Å². The summed E-state index contributed by atoms with van der Waals surface area (Å²) in [6.07, 6.45) is 4.12. The topological polar surface area (TPSA) is 161 Å². The molecule has 11 nitrogen and oxygen atoms in total. The molecule has 3 heterocycles. The first-order valence-corrected chi connectivity index (χ1v) is 14.5. The van der Waals surface area contributed by atoms with Crippen LogP contribution in [-0.4, -0.2) is 51.1 Å². The first-order valence-electron chi connectivity index (χ1n) is 13.0. The molecule has 1 aromatic carbocycles. The van der Waals surface area contributed by atoms with Gasteiger partial charge in [0.1, 0.15) is 5.39 Å². The van der Waals surface area contributed by atoms with Gasteiger partial charge in [0.05, 0.1) is 34.9 Å². The average molecular weight is 553 g/mol. The van der Waals surface area contributed by atoms with E-state index < -0.39 is 33.4 Å². The fourth-order valence-corrected chi connectivity index (χ4v) is 7.64. The van der Waals surface area contributed by atoms with Crippen LogP contribution >= 0.6 is 0 Å². The third kappa shape index (κ3) is 4.92. The molecule has 206 valence electrons. The number of carbonyl (C=O) groups is 1. The molecule has 0 spiro atoms. The molecule has 39 heavy (non-hydrogen) atoms. The Balaban J connectivity index is 1.45. The minimum atomic E-state index is -3.95. The number of fused-ring (bicyclic) bond motifs is 1. The number of aliphatic carboxylic acids is 1. The van der Waals surface area contributed by atoms with E-state index in [1.165, 1.54) is 16.4 Å². The number of benzene rings is 1. The summed E-state index contributed by atoms with van der Waals surface area (Å²) < 4.78 is 30.2. The number of sulfonamides is 1. The van der Waals surface area contributed by atoms with E-state index in [0.29, 0.717) is 28.3 Å². The van der Waals surface area contributed by atoms with Crippen molar-refractivity contribution in [2.45, 2.75) is 63.4 Å². The van der Waals surface area contributed by atoms with Crippen LogP contribution in [0.3, 0.4) is 0 Å². The molecule has 2 aromatic heterocycles. The molecule has 1 saturated heterocycles. The smallest absolute Gasteiger partial charge is 0.308 e. The van der Waals surface area contributed by atoms with E-state index in [1.807, 2.05) is 20.8 Å². The molecule has 0 bridgehead atoms. The number of carboxylic acid groups (broad SMARTS) is 1. The molecule has 2 fully saturated rings. The number of hydrogen-bond donors (Lipinski definition) is 3. The maximum atomic E-state index is 13.6. The van der Waals surface area contributed by atoms with Crippen LogP contribution < -0.4 is 10.9 Å². The summed E-state index contributed by atoms with van der Waals surface area (Å²) in [6.45, 7) is 5.69. The molecule has 1 aliphatic heterocycles. The van der Waals surface area contributed by atoms with Crippen molar-refractivity contribution in [2.24, 2.45) is 17.3 Å². The maximum absolute atomic E-state index is 13.6. The van der Waals surface area contributed by atoms with Crippen LogP contribution in [0.4, 0.5) is 11.5 Å². The lowest BCUT2D eigenvalue weighted by Gasteiger charge is -2.36. The van der Waals surface area contributed by atoms with E-state index in [0.717, 1.165) is 12.8 Å². The molecule has 12 heteroatoms. The highest BCUT2D eigenvalue weighted by Crippen LogP contribution is 2.43. The Hall–Kier alpha value is -3.69. The van der Waals surface area contributed by atoms with Crippen molar-refractivity contribution in [3.8, 4) is 6.07 Å². The minimum absolute atomic E-state index is 0.0596. The quantitative estimate of drug-likeness (QED) is 0.380. The normalized spacial score (nSPS) is 21.1. The summed E-state index contributed by atoms with van der Waals surface area (Å²) >= 11 is 0. The van der Waals surface area contributed by atoms with Gasteiger partial charge >= 0.3 is 5.97 Å². The zero-order valence-electron chi connectivity index (χ0n) is 22.1. The summed E-state index contributed by atoms with van der Waals surface area (Å²) in [5.41, 5.74) is 0.277. The third-order valence-electron chi connectivity index (χ3n) is 7.69. The molecule has 1 aliphatic carbocycles. The van der Waals surface area contributed by atoms with Crippen LogP contribution in [0.2, 0.25) is 0 Å². The van der Waals surface area contributed by atoms with Crippen molar-refractivity contribution in [1.29, 1.82) is 5.26 Å². The van der Waals surface area contributed by atoms with Crippen LogP contribution in [0.25, 0.3) is 10.9 Å². The molecule has 5 rings (SSSR count). The second-order valence-electron chi connectivity index (χ2n) is 11.4. The molecule has 3 aromatic rings. The molecule has 3 unspecified atom stereocenters. The van der Waals surface area contributed by atoms with Crippen LogP contribution in [0.1, 0.15) is 52.5 Å². The van der Waals surface area contributed by atoms with Crippen molar-refractivity contribution < 1.29 is 18.3 Å². The molecule has 1 saturated carbocycles. The van der Waals surface area contributed by atoms with Gasteiger partial charge < -0.3 is 15.4 Å². The molecule has 0 radical (unpaired) electrons. The zero-order chi connectivity index (χ0) is 28.1. The van der Waals surface area contributed by atoms with Gasteiger partial charge in [-0.15, -0.1) is 0 Å². The number of aromatic nitrogens is 3. The largest absolute Gasteiger partial charge is 0.481 e. The number of hydrogen-bond acceptors (Lipinski definition) is 7. The lowest BCUT2D eigenvalue weighted by molar-refractivity contribution is -0.143. The number of carboxylic acids is 1. The molecular formula is C27H32N6O5S. The van der Waals surface area contributed by atoms with E-state index >= 15 is 0 Å². The Bertz CT molecular complexity index is 1610. The van der Waals surface area contributed by atoms with Crippen LogP contribution in [-0.2, 0) is 14.8 Å². The summed E-state index contributed by atoms with van der Waals surface area (Å²) in [4.78, 5) is 27.3. The van der Waals surface area contributed by atoms with Crippen LogP contribution in [0.5, 0.6) is 0 Å². The van der Waals surface area contributed by atoms with E-state index in [-0.39, 0.29) is 35.9 Å². The summed E-state index contributed by atoms with van der Waals surface area (Å²) in [7, 11) is -3.95. The Kier molecular flexibility index (Phi) is 6.76. The van der Waals surface area contributed by atoms with Gasteiger partial charge in [-0.2, -0.15) is 14.7 Å². The number of aromatic amines is 1. The Labute approximate surface area is 226 Å². The van der Waals surface area contributed by atoms with E-state index in [2.05, 4.69) is 21.5 Å². The summed E-state index contributed by atoms with van der Waals surface area (Å²) in [6, 6.07) is 9.33. The van der Waals surface area contributed by atoms with Gasteiger partial charge in [0.15, 0.2) is 5.82 Å². The fourth-order valence-electron chi connectivity index (χ4n) is 5.78. The summed E-state index contributed by atoms with van der Waals surface area (Å²) in [5, 5.41) is 27.2. The molecule has 3 N–H and O–H groups in total. The first-order chi connectivity index (χ1) is 18.4. The van der Waals surface area contributed by atoms with Crippen molar-refractivity contribution in [3.05, 3.63) is 46.9 Å². The van der Waals surface area contributed by atoms with E-state index in [9.17, 15) is 28.4 Å². The number of H-pyrrole nitrogens is 1. The number of nitriles is 1. The minimum Gasteiger partial charge on any atom is -0.481 e. The standard InChI is InChI=1S/C27H32N6O5S/c1-27(2,3)23-19(26(35)36)12-15-32(23)39(37,38)18-8-6-17(7-9-18)30-24-22-21(11-14-29-25(22)34)33(31-24)20(10-13-28)16-4-5-16/h6-9,11,14,16,19-20,23H,4-5,10,12,15H2,1-3H3,(H,29,34)(H,30,31)(H,35,36). The number of anilines is 2. The molecule has 3 atom stereocenters. The van der Waals surface area contributed by atoms with Gasteiger partial charge in [-0.05, 0) is 60.9 Å². The second kappa shape index (κ2) is 9.81. The van der Waals surface area contributed by atoms with E-state index in [1.54, 1.807) is 29.1 Å². The monoisotopic (exact) mass is 552 g/mol. The highest BCUT2D eigenvalue weighted by molar-refractivity contribution is 7.89. The molecular weight excluding hydrogens is 520 g/mol. The number of nitrogens with one attached hydrogen (secondary N) is 2. The summed E-state index contributed by atoms with van der Waals surface area (Å²) in [5.74, 6) is -1.11. The third-order valence-corrected chi connectivity index (χ3v) is 9.59. The number of nitrogens with zero attached hydrogens (tertiary/aromatic N) is 4. The lowest BCUT2D eigenvalue weighted by atomic mass is 9.80. The van der Waals surface area contributed by atoms with Gasteiger partial charge in [-0.25, -0.2) is 8.42 Å². The van der Waals surface area contributed by atoms with Crippen molar-refractivity contribution in [1.82, 2.24) is 19.1 Å². The molecule has 0 amide bonds. The Morgan fingerprint density at radius 1 is 1.23 bits per heavy atom. The van der Waals surface area contributed by atoms with Crippen LogP contribution in [0, 0.1) is 28.6 Å². The number of pyridine rings is 1. The number of rotatable bonds is 8. The molecule has 2 aliphatic rings. The maximum Gasteiger partial charge on any atom is 0.308 e. The zero-order valence-corrected chi connectivity index (χ0v) is 22.9. The second-order valence-corrected chi connectivity index (χ2v) is 13.3. The predicted molar refractivity (Wildman–Crippen MR) is 145 cm³/mol. The van der Waals surface area contributed by atoms with Gasteiger partial charge in [0, 0.05) is 24.5 Å². The van der Waals surface area contributed by atoms with Gasteiger partial charge in [0.2, 0.25) is 10.0 Å². The van der Waals surface area contributed by atoms with Crippen molar-refractivity contribution in [3.63, 3.8) is 0 Å². The Morgan fingerprint density at radius 3 is 2.51 bits per heavy atom. The highest BCUT2D eigenvalue weighted by Gasteiger charge is 2.50.